The van der Waals surface area contributed by atoms with Gasteiger partial charge in [-0.3, -0.25) is 0 Å². The van der Waals surface area contributed by atoms with Crippen molar-refractivity contribution in [1.29, 1.82) is 0 Å². The van der Waals surface area contributed by atoms with Crippen molar-refractivity contribution in [2.75, 3.05) is 0 Å². The van der Waals surface area contributed by atoms with E-state index in [9.17, 15) is 0 Å². The zero-order valence-corrected chi connectivity index (χ0v) is 10.4. The zero-order valence-electron chi connectivity index (χ0n) is 8.77. The largest absolute Gasteiger partial charge is 0.323 e. The molecule has 2 rings (SSSR count). The van der Waals surface area contributed by atoms with E-state index in [0.29, 0.717) is 0 Å². The van der Waals surface area contributed by atoms with Crippen LogP contribution in [0.25, 0.3) is 0 Å². The fourth-order valence-corrected chi connectivity index (χ4v) is 3.29. The lowest BCUT2D eigenvalue weighted by Crippen LogP contribution is -2.10. The molecule has 1 nitrogen and oxygen atoms in total. The Kier molecular flexibility index (Phi) is 3.57. The van der Waals surface area contributed by atoms with E-state index in [1.807, 2.05) is 11.3 Å². The maximum absolute atomic E-state index is 6.14. The summed E-state index contributed by atoms with van der Waals surface area (Å²) in [6.45, 7) is 2.19. The third-order valence-electron chi connectivity index (χ3n) is 2.40. The fourth-order valence-electron chi connectivity index (χ4n) is 1.54. The standard InChI is InChI=1S/C12H15NS2/c1-2-9-5-6-10(15-9)8-11(13)12-4-3-7-14-12/h3-7,11H,2,8,13H2,1H3. The molecule has 3 heteroatoms. The van der Waals surface area contributed by atoms with Gasteiger partial charge in [-0.25, -0.2) is 0 Å². The summed E-state index contributed by atoms with van der Waals surface area (Å²) in [5.74, 6) is 0. The summed E-state index contributed by atoms with van der Waals surface area (Å²) in [5.41, 5.74) is 6.14. The Labute approximate surface area is 98.6 Å². The van der Waals surface area contributed by atoms with Crippen LogP contribution in [-0.2, 0) is 12.8 Å². The van der Waals surface area contributed by atoms with Crippen LogP contribution >= 0.6 is 22.7 Å². The normalized spacial score (nSPS) is 12.9. The second-order valence-electron chi connectivity index (χ2n) is 3.55. The molecule has 0 amide bonds. The molecule has 0 aromatic carbocycles. The highest BCUT2D eigenvalue weighted by Crippen LogP contribution is 2.24. The van der Waals surface area contributed by atoms with Gasteiger partial charge in [0.05, 0.1) is 0 Å². The summed E-state index contributed by atoms with van der Waals surface area (Å²) in [5, 5.41) is 2.08. The molecule has 0 bridgehead atoms. The average Bonchev–Trinajstić information content (AvgIpc) is 2.87. The van der Waals surface area contributed by atoms with E-state index >= 15 is 0 Å². The third kappa shape index (κ3) is 2.68. The summed E-state index contributed by atoms with van der Waals surface area (Å²) in [4.78, 5) is 4.12. The van der Waals surface area contributed by atoms with E-state index in [-0.39, 0.29) is 6.04 Å². The van der Waals surface area contributed by atoms with E-state index in [1.54, 1.807) is 11.3 Å². The van der Waals surface area contributed by atoms with Gasteiger partial charge in [-0.05, 0) is 30.0 Å². The molecule has 1 unspecified atom stereocenters. The third-order valence-corrected chi connectivity index (χ3v) is 4.65. The van der Waals surface area contributed by atoms with Gasteiger partial charge >= 0.3 is 0 Å². The van der Waals surface area contributed by atoms with Crippen molar-refractivity contribution in [2.45, 2.75) is 25.8 Å². The van der Waals surface area contributed by atoms with Crippen LogP contribution < -0.4 is 5.73 Å². The van der Waals surface area contributed by atoms with Crippen molar-refractivity contribution in [3.63, 3.8) is 0 Å². The Hall–Kier alpha value is -0.640. The topological polar surface area (TPSA) is 26.0 Å². The minimum atomic E-state index is 0.161. The molecule has 0 aliphatic carbocycles. The summed E-state index contributed by atoms with van der Waals surface area (Å²) in [6, 6.07) is 8.75. The van der Waals surface area contributed by atoms with Crippen LogP contribution in [0, 0.1) is 0 Å². The van der Waals surface area contributed by atoms with Gasteiger partial charge in [0.2, 0.25) is 0 Å². The molecule has 0 spiro atoms. The van der Waals surface area contributed by atoms with Gasteiger partial charge in [0.25, 0.3) is 0 Å². The summed E-state index contributed by atoms with van der Waals surface area (Å²) in [6.07, 6.45) is 2.09. The van der Waals surface area contributed by atoms with Gasteiger partial charge in [-0.15, -0.1) is 22.7 Å². The molecule has 2 heterocycles. The summed E-state index contributed by atoms with van der Waals surface area (Å²) in [7, 11) is 0. The van der Waals surface area contributed by atoms with Gasteiger partial charge in [-0.2, -0.15) is 0 Å². The van der Waals surface area contributed by atoms with E-state index in [0.717, 1.165) is 12.8 Å². The van der Waals surface area contributed by atoms with E-state index in [4.69, 9.17) is 5.73 Å². The second kappa shape index (κ2) is 4.92. The average molecular weight is 237 g/mol. The predicted molar refractivity (Wildman–Crippen MR) is 68.6 cm³/mol. The summed E-state index contributed by atoms with van der Waals surface area (Å²) < 4.78 is 0. The smallest absolute Gasteiger partial charge is 0.0438 e. The first kappa shape index (κ1) is 10.9. The first-order chi connectivity index (χ1) is 7.29. The van der Waals surface area contributed by atoms with Crippen LogP contribution in [0.15, 0.2) is 29.6 Å². The number of aryl methyl sites for hydroxylation is 1. The first-order valence-corrected chi connectivity index (χ1v) is 6.85. The number of hydrogen-bond acceptors (Lipinski definition) is 3. The molecule has 1 atom stereocenters. The Bertz CT molecular complexity index is 403. The Balaban J connectivity index is 2.02. The van der Waals surface area contributed by atoms with E-state index in [2.05, 4.69) is 36.6 Å². The molecule has 2 aromatic rings. The van der Waals surface area contributed by atoms with Crippen molar-refractivity contribution in [3.05, 3.63) is 44.3 Å². The van der Waals surface area contributed by atoms with Crippen molar-refractivity contribution >= 4 is 22.7 Å². The van der Waals surface area contributed by atoms with Crippen molar-refractivity contribution in [2.24, 2.45) is 5.73 Å². The quantitative estimate of drug-likeness (QED) is 0.863. The van der Waals surface area contributed by atoms with Crippen LogP contribution in [0.3, 0.4) is 0 Å². The van der Waals surface area contributed by atoms with Crippen LogP contribution in [-0.4, -0.2) is 0 Å². The predicted octanol–water partition coefficient (Wildman–Crippen LogP) is 3.61. The minimum Gasteiger partial charge on any atom is -0.323 e. The summed E-state index contributed by atoms with van der Waals surface area (Å²) >= 11 is 3.63. The van der Waals surface area contributed by atoms with Gasteiger partial charge in [0.1, 0.15) is 0 Å². The molecule has 0 saturated heterocycles. The number of rotatable bonds is 4. The molecule has 2 aromatic heterocycles. The van der Waals surface area contributed by atoms with Crippen LogP contribution in [0.2, 0.25) is 0 Å². The Morgan fingerprint density at radius 2 is 2.07 bits per heavy atom. The molecule has 0 aliphatic rings. The van der Waals surface area contributed by atoms with E-state index < -0.39 is 0 Å². The molecule has 15 heavy (non-hydrogen) atoms. The maximum atomic E-state index is 6.14. The molecule has 0 fully saturated rings. The lowest BCUT2D eigenvalue weighted by atomic mass is 10.1. The highest BCUT2D eigenvalue weighted by atomic mass is 32.1. The van der Waals surface area contributed by atoms with Gasteiger partial charge < -0.3 is 5.73 Å². The van der Waals surface area contributed by atoms with Gasteiger partial charge in [0, 0.05) is 27.1 Å². The van der Waals surface area contributed by atoms with Gasteiger partial charge in [0.15, 0.2) is 0 Å². The highest BCUT2D eigenvalue weighted by molar-refractivity contribution is 7.12. The van der Waals surface area contributed by atoms with Crippen molar-refractivity contribution in [3.8, 4) is 0 Å². The molecule has 80 valence electrons. The maximum Gasteiger partial charge on any atom is 0.0438 e. The molecular formula is C12H15NS2. The van der Waals surface area contributed by atoms with Crippen LogP contribution in [0.1, 0.15) is 27.6 Å². The van der Waals surface area contributed by atoms with Crippen molar-refractivity contribution < 1.29 is 0 Å². The SMILES string of the molecule is CCc1ccc(CC(N)c2cccs2)s1. The monoisotopic (exact) mass is 237 g/mol. The van der Waals surface area contributed by atoms with Crippen LogP contribution in [0.4, 0.5) is 0 Å². The second-order valence-corrected chi connectivity index (χ2v) is 5.78. The van der Waals surface area contributed by atoms with Gasteiger partial charge in [-0.1, -0.05) is 13.0 Å². The number of nitrogens with two attached hydrogens (primary N) is 1. The highest BCUT2D eigenvalue weighted by Gasteiger charge is 2.09. The lowest BCUT2D eigenvalue weighted by Gasteiger charge is -2.06. The zero-order chi connectivity index (χ0) is 10.7. The molecule has 0 radical (unpaired) electrons. The number of thiophene rings is 2. The minimum absolute atomic E-state index is 0.161. The van der Waals surface area contributed by atoms with Crippen molar-refractivity contribution in [1.82, 2.24) is 0 Å². The molecule has 2 N–H and O–H groups in total. The Morgan fingerprint density at radius 1 is 1.27 bits per heavy atom. The number of hydrogen-bond donors (Lipinski definition) is 1. The van der Waals surface area contributed by atoms with Crippen LogP contribution in [0.5, 0.6) is 0 Å². The lowest BCUT2D eigenvalue weighted by molar-refractivity contribution is 0.745. The molecule has 0 saturated carbocycles. The molecular weight excluding hydrogens is 222 g/mol. The Morgan fingerprint density at radius 3 is 2.67 bits per heavy atom. The first-order valence-electron chi connectivity index (χ1n) is 5.16. The fraction of sp³-hybridized carbons (Fsp3) is 0.333. The van der Waals surface area contributed by atoms with E-state index in [1.165, 1.54) is 14.6 Å². The molecule has 0 aliphatic heterocycles.